The van der Waals surface area contributed by atoms with E-state index in [1.165, 1.54) is 12.1 Å². The zero-order valence-corrected chi connectivity index (χ0v) is 16.0. The molecular formula is C18H25F3N6. The fraction of sp³-hybridized carbons (Fsp3) is 0.611. The summed E-state index contributed by atoms with van der Waals surface area (Å²) in [7, 11) is 0. The van der Waals surface area contributed by atoms with Crippen LogP contribution in [0.15, 0.2) is 24.3 Å². The van der Waals surface area contributed by atoms with Crippen molar-refractivity contribution < 1.29 is 13.2 Å². The number of hydrogen-bond acceptors (Lipinski definition) is 5. The summed E-state index contributed by atoms with van der Waals surface area (Å²) in [6, 6.07) is 5.55. The second-order valence-electron chi connectivity index (χ2n) is 7.87. The Morgan fingerprint density at radius 1 is 1.04 bits per heavy atom. The minimum atomic E-state index is -4.32. The normalized spacial score (nSPS) is 18.0. The maximum absolute atomic E-state index is 12.9. The Morgan fingerprint density at radius 2 is 1.70 bits per heavy atom. The molecule has 1 atom stereocenters. The van der Waals surface area contributed by atoms with Crippen molar-refractivity contribution in [3.8, 4) is 0 Å². The highest BCUT2D eigenvalue weighted by Gasteiger charge is 2.32. The van der Waals surface area contributed by atoms with Crippen LogP contribution >= 0.6 is 0 Å². The zero-order valence-electron chi connectivity index (χ0n) is 16.0. The predicted octanol–water partition coefficient (Wildman–Crippen LogP) is 3.33. The van der Waals surface area contributed by atoms with Crippen molar-refractivity contribution in [3.63, 3.8) is 0 Å². The Kier molecular flexibility index (Phi) is 5.16. The fourth-order valence-corrected chi connectivity index (χ4v) is 3.34. The fourth-order valence-electron chi connectivity index (χ4n) is 3.34. The monoisotopic (exact) mass is 382 g/mol. The molecule has 27 heavy (non-hydrogen) atoms. The molecule has 1 fully saturated rings. The molecule has 1 saturated heterocycles. The van der Waals surface area contributed by atoms with Gasteiger partial charge in [0.1, 0.15) is 0 Å². The van der Waals surface area contributed by atoms with E-state index in [2.05, 4.69) is 27.3 Å². The summed E-state index contributed by atoms with van der Waals surface area (Å²) >= 11 is 0. The van der Waals surface area contributed by atoms with E-state index in [1.54, 1.807) is 6.07 Å². The molecule has 1 aromatic carbocycles. The van der Waals surface area contributed by atoms with E-state index in [9.17, 15) is 13.2 Å². The van der Waals surface area contributed by atoms with Crippen LogP contribution in [0.5, 0.6) is 0 Å². The lowest BCUT2D eigenvalue weighted by Crippen LogP contribution is -2.48. The molecular weight excluding hydrogens is 357 g/mol. The van der Waals surface area contributed by atoms with Crippen molar-refractivity contribution in [2.45, 2.75) is 45.5 Å². The highest BCUT2D eigenvalue weighted by atomic mass is 19.4. The number of hydrogen-bond donors (Lipinski definition) is 0. The van der Waals surface area contributed by atoms with Gasteiger partial charge in [-0.15, -0.1) is 5.10 Å². The van der Waals surface area contributed by atoms with Crippen LogP contribution in [0.1, 0.15) is 45.1 Å². The molecule has 0 bridgehead atoms. The highest BCUT2D eigenvalue weighted by Crippen LogP contribution is 2.32. The molecule has 0 radical (unpaired) electrons. The van der Waals surface area contributed by atoms with Gasteiger partial charge in [-0.1, -0.05) is 6.07 Å². The summed E-state index contributed by atoms with van der Waals surface area (Å²) in [5.41, 5.74) is -0.218. The van der Waals surface area contributed by atoms with Crippen LogP contribution in [-0.2, 0) is 11.7 Å². The number of alkyl halides is 3. The van der Waals surface area contributed by atoms with Gasteiger partial charge in [0.2, 0.25) is 0 Å². The van der Waals surface area contributed by atoms with Gasteiger partial charge >= 0.3 is 6.18 Å². The molecule has 0 unspecified atom stereocenters. The van der Waals surface area contributed by atoms with Gasteiger partial charge in [0.15, 0.2) is 5.82 Å². The highest BCUT2D eigenvalue weighted by molar-refractivity contribution is 5.49. The molecule has 2 aromatic rings. The van der Waals surface area contributed by atoms with Crippen LogP contribution in [-0.4, -0.2) is 51.3 Å². The summed E-state index contributed by atoms with van der Waals surface area (Å²) in [5, 5.41) is 12.1. The lowest BCUT2D eigenvalue weighted by atomic mass is 10.1. The van der Waals surface area contributed by atoms with Crippen molar-refractivity contribution in [3.05, 3.63) is 35.7 Å². The van der Waals surface area contributed by atoms with Crippen LogP contribution in [0.2, 0.25) is 0 Å². The standard InChI is InChI=1S/C18H25F3N6/c1-13(16-22-23-24-27(16)17(2,3)4)25-8-10-26(11-9-25)15-7-5-6-14(12-15)18(19,20)21/h5-7,12-13H,8-11H2,1-4H3/t13-/m1/s1. The maximum atomic E-state index is 12.9. The van der Waals surface area contributed by atoms with E-state index in [0.29, 0.717) is 18.8 Å². The number of aromatic nitrogens is 4. The Morgan fingerprint density at radius 3 is 2.30 bits per heavy atom. The van der Waals surface area contributed by atoms with E-state index in [1.807, 2.05) is 30.4 Å². The lowest BCUT2D eigenvalue weighted by Gasteiger charge is -2.39. The van der Waals surface area contributed by atoms with Gasteiger partial charge in [0, 0.05) is 31.9 Å². The molecule has 0 amide bonds. The number of piperazine rings is 1. The number of nitrogens with zero attached hydrogens (tertiary/aromatic N) is 6. The molecule has 1 aromatic heterocycles. The van der Waals surface area contributed by atoms with E-state index < -0.39 is 11.7 Å². The van der Waals surface area contributed by atoms with Gasteiger partial charge < -0.3 is 4.90 Å². The summed E-state index contributed by atoms with van der Waals surface area (Å²) in [4.78, 5) is 4.25. The molecule has 148 valence electrons. The van der Waals surface area contributed by atoms with Gasteiger partial charge in [-0.2, -0.15) is 13.2 Å². The van der Waals surface area contributed by atoms with E-state index >= 15 is 0 Å². The molecule has 2 heterocycles. The quantitative estimate of drug-likeness (QED) is 0.815. The molecule has 0 saturated carbocycles. The van der Waals surface area contributed by atoms with Crippen LogP contribution in [0.3, 0.4) is 0 Å². The molecule has 1 aliphatic heterocycles. The van der Waals surface area contributed by atoms with Gasteiger partial charge in [-0.3, -0.25) is 4.90 Å². The van der Waals surface area contributed by atoms with Gasteiger partial charge in [-0.25, -0.2) is 4.68 Å². The Balaban J connectivity index is 1.68. The number of rotatable bonds is 3. The van der Waals surface area contributed by atoms with Crippen molar-refractivity contribution >= 4 is 5.69 Å². The third-order valence-electron chi connectivity index (χ3n) is 4.90. The third kappa shape index (κ3) is 4.23. The second kappa shape index (κ2) is 7.10. The molecule has 0 aliphatic carbocycles. The largest absolute Gasteiger partial charge is 0.416 e. The molecule has 0 spiro atoms. The zero-order chi connectivity index (χ0) is 19.8. The molecule has 6 nitrogen and oxygen atoms in total. The summed E-state index contributed by atoms with van der Waals surface area (Å²) in [6.07, 6.45) is -4.32. The Bertz CT molecular complexity index is 772. The first-order valence-electron chi connectivity index (χ1n) is 9.02. The average molecular weight is 382 g/mol. The van der Waals surface area contributed by atoms with Crippen LogP contribution < -0.4 is 4.90 Å². The van der Waals surface area contributed by atoms with E-state index in [0.717, 1.165) is 25.0 Å². The summed E-state index contributed by atoms with van der Waals surface area (Å²) in [6.45, 7) is 11.0. The van der Waals surface area contributed by atoms with Crippen molar-refractivity contribution in [1.29, 1.82) is 0 Å². The number of tetrazole rings is 1. The number of anilines is 1. The minimum Gasteiger partial charge on any atom is -0.369 e. The molecule has 1 aliphatic rings. The Hall–Kier alpha value is -2.16. The molecule has 9 heteroatoms. The smallest absolute Gasteiger partial charge is 0.369 e. The van der Waals surface area contributed by atoms with Crippen molar-refractivity contribution in [2.75, 3.05) is 31.1 Å². The molecule has 3 rings (SSSR count). The average Bonchev–Trinajstić information content (AvgIpc) is 3.11. The third-order valence-corrected chi connectivity index (χ3v) is 4.90. The number of halogens is 3. The topological polar surface area (TPSA) is 50.1 Å². The van der Waals surface area contributed by atoms with Crippen molar-refractivity contribution in [2.24, 2.45) is 0 Å². The first kappa shape index (κ1) is 19.6. The van der Waals surface area contributed by atoms with Crippen LogP contribution in [0.4, 0.5) is 18.9 Å². The predicted molar refractivity (Wildman–Crippen MR) is 96.5 cm³/mol. The maximum Gasteiger partial charge on any atom is 0.416 e. The van der Waals surface area contributed by atoms with E-state index in [4.69, 9.17) is 0 Å². The van der Waals surface area contributed by atoms with E-state index in [-0.39, 0.29) is 11.6 Å². The summed E-state index contributed by atoms with van der Waals surface area (Å²) in [5.74, 6) is 0.801. The number of benzene rings is 1. The summed E-state index contributed by atoms with van der Waals surface area (Å²) < 4.78 is 40.7. The SMILES string of the molecule is C[C@H](c1nnnn1C(C)(C)C)N1CCN(c2cccc(C(F)(F)F)c2)CC1. The second-order valence-corrected chi connectivity index (χ2v) is 7.87. The van der Waals surface area contributed by atoms with Gasteiger partial charge in [-0.05, 0) is 56.3 Å². The van der Waals surface area contributed by atoms with Gasteiger partial charge in [0.05, 0.1) is 17.1 Å². The van der Waals surface area contributed by atoms with Crippen LogP contribution in [0.25, 0.3) is 0 Å². The van der Waals surface area contributed by atoms with Crippen LogP contribution in [0, 0.1) is 0 Å². The molecule has 0 N–H and O–H groups in total. The van der Waals surface area contributed by atoms with Crippen molar-refractivity contribution in [1.82, 2.24) is 25.1 Å². The minimum absolute atomic E-state index is 0.0304. The Labute approximate surface area is 156 Å². The lowest BCUT2D eigenvalue weighted by molar-refractivity contribution is -0.137. The first-order chi connectivity index (χ1) is 12.6. The van der Waals surface area contributed by atoms with Gasteiger partial charge in [0.25, 0.3) is 0 Å². The first-order valence-corrected chi connectivity index (χ1v) is 9.02.